The highest BCUT2D eigenvalue weighted by Gasteiger charge is 2.27. The van der Waals surface area contributed by atoms with Gasteiger partial charge in [0.05, 0.1) is 11.0 Å². The van der Waals surface area contributed by atoms with Crippen LogP contribution in [0, 0.1) is 12.1 Å². The van der Waals surface area contributed by atoms with Crippen LogP contribution in [-0.4, -0.2) is 4.57 Å². The third-order valence-corrected chi connectivity index (χ3v) is 9.14. The highest BCUT2D eigenvalue weighted by molar-refractivity contribution is 6.18. The summed E-state index contributed by atoms with van der Waals surface area (Å²) in [5.74, 6) is 1.85. The van der Waals surface area contributed by atoms with E-state index in [0.29, 0.717) is 0 Å². The Hall–Kier alpha value is -6.04. The van der Waals surface area contributed by atoms with Crippen LogP contribution in [-0.2, 0) is 6.42 Å². The van der Waals surface area contributed by atoms with Crippen molar-refractivity contribution in [2.75, 3.05) is 0 Å². The summed E-state index contributed by atoms with van der Waals surface area (Å²) in [5, 5.41) is 2.39. The Morgan fingerprint density at radius 1 is 0.630 bits per heavy atom. The van der Waals surface area contributed by atoms with E-state index < -0.39 is 0 Å². The second-order valence-electron chi connectivity index (χ2n) is 11.8. The van der Waals surface area contributed by atoms with Gasteiger partial charge in [-0.15, -0.1) is 0 Å². The summed E-state index contributed by atoms with van der Waals surface area (Å²) in [4.78, 5) is 0. The minimum absolute atomic E-state index is 0.917. The predicted octanol–water partition coefficient (Wildman–Crippen LogP) is 11.6. The first-order valence-electron chi connectivity index (χ1n) is 15.8. The molecule has 0 atom stereocenters. The fraction of sp³-hybridized carbons (Fsp3) is 0.0455. The first kappa shape index (κ1) is 26.4. The molecule has 2 nitrogen and oxygen atoms in total. The molecule has 1 aliphatic rings. The van der Waals surface area contributed by atoms with Crippen molar-refractivity contribution in [3.05, 3.63) is 169 Å². The molecule has 0 aliphatic heterocycles. The molecule has 0 bridgehead atoms. The Morgan fingerprint density at radius 3 is 2.26 bits per heavy atom. The second kappa shape index (κ2) is 10.8. The van der Waals surface area contributed by atoms with E-state index in [1.165, 1.54) is 38.5 Å². The topological polar surface area (TPSA) is 18.1 Å². The molecule has 0 spiro atoms. The first-order chi connectivity index (χ1) is 22.8. The zero-order valence-electron chi connectivity index (χ0n) is 25.2. The number of aromatic nitrogens is 1. The molecule has 0 saturated heterocycles. The van der Waals surface area contributed by atoms with Crippen molar-refractivity contribution in [1.82, 2.24) is 4.57 Å². The summed E-state index contributed by atoms with van der Waals surface area (Å²) in [5.41, 5.74) is 12.5. The van der Waals surface area contributed by atoms with Crippen molar-refractivity contribution in [3.8, 4) is 50.6 Å². The number of nitrogens with zero attached hydrogens (tertiary/aromatic N) is 1. The molecular weight excluding hydrogens is 558 g/mol. The lowest BCUT2D eigenvalue weighted by atomic mass is 9.89. The molecule has 46 heavy (non-hydrogen) atoms. The summed E-state index contributed by atoms with van der Waals surface area (Å²) >= 11 is 0. The summed E-state index contributed by atoms with van der Waals surface area (Å²) in [6, 6.07) is 55.8. The molecule has 2 heteroatoms. The molecule has 2 heterocycles. The third-order valence-electron chi connectivity index (χ3n) is 9.14. The van der Waals surface area contributed by atoms with Crippen LogP contribution >= 0.6 is 0 Å². The number of rotatable bonds is 5. The molecule has 1 aliphatic carbocycles. The van der Waals surface area contributed by atoms with Crippen LogP contribution in [0.15, 0.2) is 150 Å². The number of para-hydroxylation sites is 2. The predicted molar refractivity (Wildman–Crippen MR) is 190 cm³/mol. The van der Waals surface area contributed by atoms with E-state index in [-0.39, 0.29) is 0 Å². The van der Waals surface area contributed by atoms with E-state index in [2.05, 4.69) is 156 Å². The number of hydrogen-bond acceptors (Lipinski definition) is 1. The van der Waals surface area contributed by atoms with Crippen LogP contribution < -0.4 is 0 Å². The Labute approximate surface area is 268 Å². The average molecular weight is 588 g/mol. The highest BCUT2D eigenvalue weighted by Crippen LogP contribution is 2.48. The van der Waals surface area contributed by atoms with Gasteiger partial charge in [-0.1, -0.05) is 115 Å². The third kappa shape index (κ3) is 4.21. The summed E-state index contributed by atoms with van der Waals surface area (Å²) in [6.07, 6.45) is 6.43. The summed E-state index contributed by atoms with van der Waals surface area (Å²) in [7, 11) is 0. The number of benzene rings is 5. The Morgan fingerprint density at radius 2 is 1.41 bits per heavy atom. The Kier molecular flexibility index (Phi) is 6.21. The number of fused-ring (bicyclic) bond motifs is 4. The van der Waals surface area contributed by atoms with E-state index in [1.54, 1.807) is 0 Å². The summed E-state index contributed by atoms with van der Waals surface area (Å²) in [6.45, 7) is 0. The van der Waals surface area contributed by atoms with Gasteiger partial charge in [0.15, 0.2) is 0 Å². The molecule has 0 unspecified atom stereocenters. The van der Waals surface area contributed by atoms with Crippen molar-refractivity contribution in [1.29, 1.82) is 0 Å². The number of furan rings is 1. The van der Waals surface area contributed by atoms with Gasteiger partial charge in [0.1, 0.15) is 11.5 Å². The van der Waals surface area contributed by atoms with Gasteiger partial charge in [-0.05, 0) is 72.5 Å². The van der Waals surface area contributed by atoms with E-state index in [4.69, 9.17) is 4.42 Å². The molecule has 9 rings (SSSR count). The first-order valence-corrected chi connectivity index (χ1v) is 15.8. The van der Waals surface area contributed by atoms with Gasteiger partial charge in [-0.3, -0.25) is 0 Å². The molecule has 0 radical (unpaired) electrons. The van der Waals surface area contributed by atoms with Gasteiger partial charge in [0.2, 0.25) is 0 Å². The average Bonchev–Trinajstić information content (AvgIpc) is 3.69. The van der Waals surface area contributed by atoms with Crippen LogP contribution in [0.4, 0.5) is 0 Å². The maximum Gasteiger partial charge on any atom is 0.142 e. The van der Waals surface area contributed by atoms with Crippen molar-refractivity contribution in [3.63, 3.8) is 0 Å². The molecule has 0 fully saturated rings. The lowest BCUT2D eigenvalue weighted by Gasteiger charge is -2.13. The monoisotopic (exact) mass is 587 g/mol. The molecule has 2 aromatic heterocycles. The molecule has 0 N–H and O–H groups in total. The normalized spacial score (nSPS) is 12.3. The lowest BCUT2D eigenvalue weighted by molar-refractivity contribution is 0.594. The number of allylic oxidation sites excluding steroid dienone is 1. The van der Waals surface area contributed by atoms with Gasteiger partial charge >= 0.3 is 0 Å². The molecule has 8 aromatic rings. The minimum Gasteiger partial charge on any atom is -0.455 e. The standard InChI is InChI=1S/C44H29NO/c1-4-15-30(16-5-1)32-19-14-20-33(29-32)43-35-23-10-11-24-36(35)44(46-43)38-27-28-40-42(41(38)31-17-6-2-7-18-31)37-25-12-13-26-39(37)45(40)34-21-8-3-9-22-34/h1-6,8-10,12-17,19-23,25-29H,11,24H2. The summed E-state index contributed by atoms with van der Waals surface area (Å²) < 4.78 is 9.43. The van der Waals surface area contributed by atoms with Crippen molar-refractivity contribution >= 4 is 27.9 Å². The fourth-order valence-electron chi connectivity index (χ4n) is 7.12. The van der Waals surface area contributed by atoms with Crippen molar-refractivity contribution in [2.45, 2.75) is 12.8 Å². The molecule has 6 aromatic carbocycles. The van der Waals surface area contributed by atoms with Gasteiger partial charge in [-0.2, -0.15) is 0 Å². The Balaban J connectivity index is 1.34. The van der Waals surface area contributed by atoms with Crippen LogP contribution in [0.25, 0.3) is 78.5 Å². The molecular formula is C44H29NO. The second-order valence-corrected chi connectivity index (χ2v) is 11.8. The zero-order chi connectivity index (χ0) is 30.5. The molecule has 0 amide bonds. The molecule has 0 saturated carbocycles. The van der Waals surface area contributed by atoms with E-state index in [1.807, 2.05) is 12.1 Å². The minimum atomic E-state index is 0.917. The SMILES string of the molecule is c1cccc(-c2c(-c3oc(-c4cccc(-c5ccccc5)c4)c4c3CCC=C4)ccc3c2c2ccccc2n3-c2ccccc2)c#1. The Bertz CT molecular complexity index is 2390. The van der Waals surface area contributed by atoms with Gasteiger partial charge < -0.3 is 8.98 Å². The van der Waals surface area contributed by atoms with Crippen LogP contribution in [0.2, 0.25) is 0 Å². The van der Waals surface area contributed by atoms with Crippen molar-refractivity contribution < 1.29 is 4.42 Å². The van der Waals surface area contributed by atoms with E-state index in [0.717, 1.165) is 57.8 Å². The number of hydrogen-bond donors (Lipinski definition) is 0. The van der Waals surface area contributed by atoms with Gasteiger partial charge in [0, 0.05) is 49.8 Å². The highest BCUT2D eigenvalue weighted by atomic mass is 16.3. The van der Waals surface area contributed by atoms with Crippen LogP contribution in [0.3, 0.4) is 0 Å². The van der Waals surface area contributed by atoms with E-state index in [9.17, 15) is 0 Å². The van der Waals surface area contributed by atoms with Gasteiger partial charge in [-0.25, -0.2) is 0 Å². The zero-order valence-corrected chi connectivity index (χ0v) is 25.2. The fourth-order valence-corrected chi connectivity index (χ4v) is 7.12. The quantitative estimate of drug-likeness (QED) is 0.196. The maximum atomic E-state index is 7.06. The van der Waals surface area contributed by atoms with E-state index >= 15 is 0 Å². The largest absolute Gasteiger partial charge is 0.455 e. The van der Waals surface area contributed by atoms with Gasteiger partial charge in [0.25, 0.3) is 0 Å². The van der Waals surface area contributed by atoms with Crippen LogP contribution in [0.1, 0.15) is 17.5 Å². The van der Waals surface area contributed by atoms with Crippen LogP contribution in [0.5, 0.6) is 0 Å². The maximum absolute atomic E-state index is 7.06. The smallest absolute Gasteiger partial charge is 0.142 e. The molecule has 216 valence electrons. The van der Waals surface area contributed by atoms with Crippen molar-refractivity contribution in [2.24, 2.45) is 0 Å². The lowest BCUT2D eigenvalue weighted by Crippen LogP contribution is -1.96.